The van der Waals surface area contributed by atoms with Crippen LogP contribution in [-0.2, 0) is 23.2 Å². The van der Waals surface area contributed by atoms with Crippen LogP contribution in [0.5, 0.6) is 11.5 Å². The van der Waals surface area contributed by atoms with Crippen LogP contribution in [0.25, 0.3) is 0 Å². The molecule has 2 rings (SSSR count). The molecule has 5 nitrogen and oxygen atoms in total. The van der Waals surface area contributed by atoms with Gasteiger partial charge in [-0.2, -0.15) is 5.26 Å². The number of nitrogens with one attached hydrogen (secondary N) is 1. The summed E-state index contributed by atoms with van der Waals surface area (Å²) in [6.07, 6.45) is 0.864. The van der Waals surface area contributed by atoms with Crippen molar-refractivity contribution < 1.29 is 14.3 Å². The molecule has 0 radical (unpaired) electrons. The van der Waals surface area contributed by atoms with E-state index in [1.165, 1.54) is 11.1 Å². The third kappa shape index (κ3) is 7.15. The first-order valence-corrected chi connectivity index (χ1v) is 9.95. The molecule has 2 aromatic carbocycles. The third-order valence-electron chi connectivity index (χ3n) is 4.50. The topological polar surface area (TPSA) is 71.3 Å². The highest BCUT2D eigenvalue weighted by atomic mass is 16.5. The van der Waals surface area contributed by atoms with Crippen LogP contribution in [0.1, 0.15) is 50.8 Å². The number of carbonyl (C=O) groups excluding carboxylic acids is 1. The molecule has 0 aliphatic heterocycles. The minimum Gasteiger partial charge on any atom is -0.490 e. The van der Waals surface area contributed by atoms with Gasteiger partial charge in [-0.25, -0.2) is 0 Å². The summed E-state index contributed by atoms with van der Waals surface area (Å²) in [6, 6.07) is 15.7. The Labute approximate surface area is 173 Å². The molecule has 154 valence electrons. The van der Waals surface area contributed by atoms with Crippen molar-refractivity contribution in [2.45, 2.75) is 52.5 Å². The van der Waals surface area contributed by atoms with Crippen molar-refractivity contribution >= 4 is 5.91 Å². The zero-order chi connectivity index (χ0) is 21.3. The Balaban J connectivity index is 1.89. The number of ether oxygens (including phenoxy) is 2. The number of benzene rings is 2. The van der Waals surface area contributed by atoms with Crippen molar-refractivity contribution in [2.75, 3.05) is 13.2 Å². The van der Waals surface area contributed by atoms with Crippen molar-refractivity contribution in [1.82, 2.24) is 5.32 Å². The fraction of sp³-hybridized carbons (Fsp3) is 0.417. The predicted molar refractivity (Wildman–Crippen MR) is 114 cm³/mol. The van der Waals surface area contributed by atoms with Gasteiger partial charge in [-0.3, -0.25) is 4.79 Å². The maximum Gasteiger partial charge on any atom is 0.234 e. The van der Waals surface area contributed by atoms with Crippen LogP contribution in [0.15, 0.2) is 42.5 Å². The van der Waals surface area contributed by atoms with Gasteiger partial charge >= 0.3 is 0 Å². The number of carbonyl (C=O) groups is 1. The monoisotopic (exact) mass is 394 g/mol. The molecule has 1 N–H and O–H groups in total. The van der Waals surface area contributed by atoms with Gasteiger partial charge in [-0.15, -0.1) is 0 Å². The molecule has 2 aromatic rings. The lowest BCUT2D eigenvalue weighted by Gasteiger charge is -2.23. The molecule has 0 saturated carbocycles. The van der Waals surface area contributed by atoms with E-state index in [1.807, 2.05) is 36.4 Å². The number of amides is 1. The Kier molecular flexibility index (Phi) is 8.09. The minimum atomic E-state index is -0.282. The van der Waals surface area contributed by atoms with Crippen molar-refractivity contribution in [3.8, 4) is 17.6 Å². The van der Waals surface area contributed by atoms with E-state index in [0.29, 0.717) is 19.8 Å². The number of rotatable bonds is 9. The lowest BCUT2D eigenvalue weighted by Crippen LogP contribution is -2.21. The van der Waals surface area contributed by atoms with Gasteiger partial charge < -0.3 is 14.8 Å². The van der Waals surface area contributed by atoms with E-state index < -0.39 is 0 Å². The van der Waals surface area contributed by atoms with Crippen LogP contribution in [0.4, 0.5) is 0 Å². The van der Waals surface area contributed by atoms with Crippen molar-refractivity contribution in [3.63, 3.8) is 0 Å². The summed E-state index contributed by atoms with van der Waals surface area (Å²) in [7, 11) is 0. The van der Waals surface area contributed by atoms with E-state index in [1.54, 1.807) is 0 Å². The molecule has 0 aromatic heterocycles. The van der Waals surface area contributed by atoms with E-state index in [9.17, 15) is 4.79 Å². The molecule has 0 bridgehead atoms. The fourth-order valence-electron chi connectivity index (χ4n) is 2.90. The number of hydrogen-bond acceptors (Lipinski definition) is 4. The second kappa shape index (κ2) is 10.5. The minimum absolute atomic E-state index is 0.00564. The maximum atomic E-state index is 11.4. The normalized spacial score (nSPS) is 10.9. The van der Waals surface area contributed by atoms with E-state index >= 15 is 0 Å². The Morgan fingerprint density at radius 3 is 2.52 bits per heavy atom. The molecule has 0 aliphatic carbocycles. The first-order valence-electron chi connectivity index (χ1n) is 9.95. The fourth-order valence-corrected chi connectivity index (χ4v) is 2.90. The average Bonchev–Trinajstić information content (AvgIpc) is 2.69. The number of hydrogen-bond donors (Lipinski definition) is 1. The van der Waals surface area contributed by atoms with Crippen LogP contribution in [-0.4, -0.2) is 19.1 Å². The van der Waals surface area contributed by atoms with E-state index in [-0.39, 0.29) is 17.7 Å². The SMILES string of the molecule is CCc1ccc(OCCOc2cccc(CNC(=O)CC#N)c2)c(C(C)(C)C)c1. The van der Waals surface area contributed by atoms with Gasteiger partial charge in [0.2, 0.25) is 5.91 Å². The lowest BCUT2D eigenvalue weighted by molar-refractivity contribution is -0.120. The Bertz CT molecular complexity index is 863. The van der Waals surface area contributed by atoms with Crippen LogP contribution < -0.4 is 14.8 Å². The summed E-state index contributed by atoms with van der Waals surface area (Å²) in [5.74, 6) is 1.33. The Morgan fingerprint density at radius 2 is 1.83 bits per heavy atom. The molecule has 0 heterocycles. The molecule has 0 saturated heterocycles. The Hall–Kier alpha value is -3.00. The van der Waals surface area contributed by atoms with Crippen LogP contribution in [0.3, 0.4) is 0 Å². The summed E-state index contributed by atoms with van der Waals surface area (Å²) < 4.78 is 11.8. The average molecular weight is 395 g/mol. The smallest absolute Gasteiger partial charge is 0.234 e. The third-order valence-corrected chi connectivity index (χ3v) is 4.50. The van der Waals surface area contributed by atoms with Gasteiger partial charge in [-0.05, 0) is 46.7 Å². The van der Waals surface area contributed by atoms with Gasteiger partial charge in [0.1, 0.15) is 31.1 Å². The second-order valence-corrected chi connectivity index (χ2v) is 7.89. The molecule has 0 aliphatic rings. The van der Waals surface area contributed by atoms with Gasteiger partial charge in [0.05, 0.1) is 6.07 Å². The summed E-state index contributed by atoms with van der Waals surface area (Å²) in [5, 5.41) is 11.2. The highest BCUT2D eigenvalue weighted by molar-refractivity contribution is 5.77. The summed E-state index contributed by atoms with van der Waals surface area (Å²) in [5.41, 5.74) is 3.43. The van der Waals surface area contributed by atoms with Crippen molar-refractivity contribution in [1.29, 1.82) is 5.26 Å². The lowest BCUT2D eigenvalue weighted by atomic mass is 9.85. The van der Waals surface area contributed by atoms with Gasteiger partial charge in [0.15, 0.2) is 0 Å². The highest BCUT2D eigenvalue weighted by Gasteiger charge is 2.19. The largest absolute Gasteiger partial charge is 0.490 e. The highest BCUT2D eigenvalue weighted by Crippen LogP contribution is 2.32. The molecule has 1 amide bonds. The van der Waals surface area contributed by atoms with Gasteiger partial charge in [0.25, 0.3) is 0 Å². The molecule has 29 heavy (non-hydrogen) atoms. The predicted octanol–water partition coefficient (Wildman–Crippen LogP) is 4.53. The van der Waals surface area contributed by atoms with E-state index in [2.05, 4.69) is 45.1 Å². The maximum absolute atomic E-state index is 11.4. The van der Waals surface area contributed by atoms with Crippen LogP contribution in [0.2, 0.25) is 0 Å². The van der Waals surface area contributed by atoms with Crippen molar-refractivity contribution in [3.05, 3.63) is 59.2 Å². The number of aryl methyl sites for hydroxylation is 1. The standard InChI is InChI=1S/C24H30N2O3/c1-5-18-9-10-22(21(16-18)24(2,3)4)29-14-13-28-20-8-6-7-19(15-20)17-26-23(27)11-12-25/h6-10,15-16H,5,11,13-14,17H2,1-4H3,(H,26,27). The first kappa shape index (κ1) is 22.3. The molecule has 0 spiro atoms. The zero-order valence-electron chi connectivity index (χ0n) is 17.7. The molecular weight excluding hydrogens is 364 g/mol. The van der Waals surface area contributed by atoms with Gasteiger partial charge in [-0.1, -0.05) is 52.0 Å². The number of nitrogens with zero attached hydrogens (tertiary/aromatic N) is 1. The molecular formula is C24H30N2O3. The summed E-state index contributed by atoms with van der Waals surface area (Å²) in [4.78, 5) is 11.4. The van der Waals surface area contributed by atoms with E-state index in [4.69, 9.17) is 14.7 Å². The molecule has 0 unspecified atom stereocenters. The molecule has 0 atom stereocenters. The first-order chi connectivity index (χ1) is 13.8. The Morgan fingerprint density at radius 1 is 1.07 bits per heavy atom. The van der Waals surface area contributed by atoms with Crippen LogP contribution in [0, 0.1) is 11.3 Å². The van der Waals surface area contributed by atoms with E-state index in [0.717, 1.165) is 23.5 Å². The summed E-state index contributed by atoms with van der Waals surface area (Å²) >= 11 is 0. The van der Waals surface area contributed by atoms with Gasteiger partial charge in [0, 0.05) is 6.54 Å². The quantitative estimate of drug-likeness (QED) is 0.634. The zero-order valence-corrected chi connectivity index (χ0v) is 17.7. The summed E-state index contributed by atoms with van der Waals surface area (Å²) in [6.45, 7) is 9.94. The van der Waals surface area contributed by atoms with Crippen LogP contribution >= 0.6 is 0 Å². The second-order valence-electron chi connectivity index (χ2n) is 7.89. The number of nitriles is 1. The molecule has 0 fully saturated rings. The molecule has 5 heteroatoms. The van der Waals surface area contributed by atoms with Crippen molar-refractivity contribution in [2.24, 2.45) is 0 Å².